The number of aromatic hydroxyl groups is 1. The van der Waals surface area contributed by atoms with Crippen LogP contribution in [0.25, 0.3) is 0 Å². The highest BCUT2D eigenvalue weighted by Gasteiger charge is 2.19. The van der Waals surface area contributed by atoms with E-state index < -0.39 is 0 Å². The first-order valence-electron chi connectivity index (χ1n) is 3.63. The van der Waals surface area contributed by atoms with Gasteiger partial charge in [0.2, 0.25) is 12.5 Å². The normalized spacial score (nSPS) is 13.4. The molecule has 12 heavy (non-hydrogen) atoms. The molecule has 0 saturated heterocycles. The summed E-state index contributed by atoms with van der Waals surface area (Å²) in [6.07, 6.45) is 0. The van der Waals surface area contributed by atoms with Crippen molar-refractivity contribution in [2.45, 2.75) is 6.54 Å². The van der Waals surface area contributed by atoms with E-state index in [0.717, 1.165) is 0 Å². The summed E-state index contributed by atoms with van der Waals surface area (Å²) < 4.78 is 10.1. The minimum Gasteiger partial charge on any atom is -0.504 e. The smallest absolute Gasteiger partial charge is 0.231 e. The first-order valence-corrected chi connectivity index (χ1v) is 3.63. The second-order valence-corrected chi connectivity index (χ2v) is 2.51. The van der Waals surface area contributed by atoms with E-state index in [1.54, 1.807) is 12.1 Å². The molecule has 0 atom stereocenters. The number of fused-ring (bicyclic) bond motifs is 1. The Morgan fingerprint density at radius 2 is 2.25 bits per heavy atom. The second-order valence-electron chi connectivity index (χ2n) is 2.51. The van der Waals surface area contributed by atoms with Gasteiger partial charge in [-0.2, -0.15) is 0 Å². The number of phenols is 1. The predicted octanol–water partition coefficient (Wildman–Crippen LogP) is 0.580. The number of hydrogen-bond donors (Lipinski definition) is 2. The van der Waals surface area contributed by atoms with Crippen molar-refractivity contribution in [3.63, 3.8) is 0 Å². The molecule has 1 aromatic rings. The zero-order chi connectivity index (χ0) is 8.55. The fraction of sp³-hybridized carbons (Fsp3) is 0.250. The van der Waals surface area contributed by atoms with Crippen LogP contribution < -0.4 is 15.2 Å². The maximum Gasteiger partial charge on any atom is 0.231 e. The SMILES string of the molecule is NCc1ccc2c(c1O)OCO2. The number of ether oxygens (including phenoxy) is 2. The minimum atomic E-state index is 0.0903. The zero-order valence-electron chi connectivity index (χ0n) is 6.41. The van der Waals surface area contributed by atoms with Gasteiger partial charge in [-0.05, 0) is 6.07 Å². The Labute approximate surface area is 69.5 Å². The highest BCUT2D eigenvalue weighted by Crippen LogP contribution is 2.41. The van der Waals surface area contributed by atoms with Crippen molar-refractivity contribution in [1.29, 1.82) is 0 Å². The van der Waals surface area contributed by atoms with Crippen LogP contribution in [-0.4, -0.2) is 11.9 Å². The van der Waals surface area contributed by atoms with Crippen LogP contribution in [-0.2, 0) is 6.54 Å². The molecule has 1 aliphatic heterocycles. The highest BCUT2D eigenvalue weighted by molar-refractivity contribution is 5.55. The predicted molar refractivity (Wildman–Crippen MR) is 42.1 cm³/mol. The second kappa shape index (κ2) is 2.57. The summed E-state index contributed by atoms with van der Waals surface area (Å²) >= 11 is 0. The van der Waals surface area contributed by atoms with E-state index in [4.69, 9.17) is 15.2 Å². The molecular weight excluding hydrogens is 158 g/mol. The maximum atomic E-state index is 9.52. The fourth-order valence-electron chi connectivity index (χ4n) is 1.16. The Morgan fingerprint density at radius 1 is 1.42 bits per heavy atom. The van der Waals surface area contributed by atoms with Gasteiger partial charge in [0.05, 0.1) is 0 Å². The molecule has 1 aromatic carbocycles. The third kappa shape index (κ3) is 0.887. The first kappa shape index (κ1) is 7.24. The summed E-state index contributed by atoms with van der Waals surface area (Å²) in [5, 5.41) is 9.52. The van der Waals surface area contributed by atoms with Crippen LogP contribution in [0.15, 0.2) is 12.1 Å². The molecular formula is C8H9NO3. The van der Waals surface area contributed by atoms with Crippen LogP contribution in [0.3, 0.4) is 0 Å². The first-order chi connectivity index (χ1) is 5.83. The van der Waals surface area contributed by atoms with Crippen molar-refractivity contribution >= 4 is 0 Å². The average molecular weight is 167 g/mol. The Kier molecular flexibility index (Phi) is 1.55. The number of hydrogen-bond acceptors (Lipinski definition) is 4. The molecule has 64 valence electrons. The lowest BCUT2D eigenvalue weighted by molar-refractivity contribution is 0.171. The summed E-state index contributed by atoms with van der Waals surface area (Å²) in [7, 11) is 0. The Bertz CT molecular complexity index is 311. The average Bonchev–Trinajstić information content (AvgIpc) is 2.53. The molecule has 4 heteroatoms. The summed E-state index contributed by atoms with van der Waals surface area (Å²) in [5.41, 5.74) is 6.05. The van der Waals surface area contributed by atoms with Crippen LogP contribution in [0.1, 0.15) is 5.56 Å². The molecule has 0 saturated carbocycles. The molecule has 3 N–H and O–H groups in total. The van der Waals surface area contributed by atoms with Gasteiger partial charge in [0.1, 0.15) is 0 Å². The van der Waals surface area contributed by atoms with Gasteiger partial charge in [0, 0.05) is 12.1 Å². The van der Waals surface area contributed by atoms with Gasteiger partial charge in [-0.15, -0.1) is 0 Å². The van der Waals surface area contributed by atoms with Gasteiger partial charge in [-0.3, -0.25) is 0 Å². The van der Waals surface area contributed by atoms with Crippen LogP contribution >= 0.6 is 0 Å². The maximum absolute atomic E-state index is 9.52. The van der Waals surface area contributed by atoms with Crippen molar-refractivity contribution in [2.24, 2.45) is 5.73 Å². The third-order valence-electron chi connectivity index (χ3n) is 1.82. The standard InChI is InChI=1S/C8H9NO3/c9-3-5-1-2-6-8(7(5)10)12-4-11-6/h1-2,10H,3-4,9H2. The number of phenolic OH excluding ortho intramolecular Hbond substituents is 1. The van der Waals surface area contributed by atoms with Crippen molar-refractivity contribution in [2.75, 3.05) is 6.79 Å². The van der Waals surface area contributed by atoms with E-state index in [0.29, 0.717) is 23.6 Å². The molecule has 0 radical (unpaired) electrons. The topological polar surface area (TPSA) is 64.7 Å². The summed E-state index contributed by atoms with van der Waals surface area (Å²) in [4.78, 5) is 0. The Hall–Kier alpha value is -1.42. The fourth-order valence-corrected chi connectivity index (χ4v) is 1.16. The zero-order valence-corrected chi connectivity index (χ0v) is 6.41. The molecule has 0 unspecified atom stereocenters. The summed E-state index contributed by atoms with van der Waals surface area (Å²) in [5.74, 6) is 1.06. The lowest BCUT2D eigenvalue weighted by Crippen LogP contribution is -1.96. The Balaban J connectivity index is 2.54. The van der Waals surface area contributed by atoms with Crippen molar-refractivity contribution < 1.29 is 14.6 Å². The van der Waals surface area contributed by atoms with Crippen molar-refractivity contribution in [1.82, 2.24) is 0 Å². The monoisotopic (exact) mass is 167 g/mol. The molecule has 0 spiro atoms. The Morgan fingerprint density at radius 3 is 3.00 bits per heavy atom. The van der Waals surface area contributed by atoms with Crippen LogP contribution in [0, 0.1) is 0 Å². The quantitative estimate of drug-likeness (QED) is 0.642. The molecule has 0 fully saturated rings. The molecule has 1 aliphatic rings. The lowest BCUT2D eigenvalue weighted by Gasteiger charge is -2.03. The van der Waals surface area contributed by atoms with Crippen LogP contribution in [0.2, 0.25) is 0 Å². The lowest BCUT2D eigenvalue weighted by atomic mass is 10.2. The van der Waals surface area contributed by atoms with Gasteiger partial charge in [0.25, 0.3) is 0 Å². The van der Waals surface area contributed by atoms with Gasteiger partial charge in [0.15, 0.2) is 11.5 Å². The minimum absolute atomic E-state index is 0.0903. The van der Waals surface area contributed by atoms with E-state index in [9.17, 15) is 5.11 Å². The van der Waals surface area contributed by atoms with E-state index >= 15 is 0 Å². The van der Waals surface area contributed by atoms with E-state index in [1.165, 1.54) is 0 Å². The number of benzene rings is 1. The molecule has 2 rings (SSSR count). The van der Waals surface area contributed by atoms with Gasteiger partial charge >= 0.3 is 0 Å². The van der Waals surface area contributed by atoms with Crippen molar-refractivity contribution in [3.05, 3.63) is 17.7 Å². The summed E-state index contributed by atoms with van der Waals surface area (Å²) in [6.45, 7) is 0.458. The largest absolute Gasteiger partial charge is 0.504 e. The van der Waals surface area contributed by atoms with Crippen molar-refractivity contribution in [3.8, 4) is 17.2 Å². The van der Waals surface area contributed by atoms with Gasteiger partial charge in [-0.25, -0.2) is 0 Å². The third-order valence-corrected chi connectivity index (χ3v) is 1.82. The highest BCUT2D eigenvalue weighted by atomic mass is 16.7. The molecule has 4 nitrogen and oxygen atoms in total. The van der Waals surface area contributed by atoms with Gasteiger partial charge in [-0.1, -0.05) is 6.07 Å². The van der Waals surface area contributed by atoms with Gasteiger partial charge < -0.3 is 20.3 Å². The molecule has 0 aliphatic carbocycles. The molecule has 0 amide bonds. The molecule has 0 aromatic heterocycles. The molecule has 0 bridgehead atoms. The van der Waals surface area contributed by atoms with E-state index in [2.05, 4.69) is 0 Å². The molecule has 1 heterocycles. The number of rotatable bonds is 1. The van der Waals surface area contributed by atoms with E-state index in [1.807, 2.05) is 0 Å². The summed E-state index contributed by atoms with van der Waals surface area (Å²) in [6, 6.07) is 3.47. The van der Waals surface area contributed by atoms with E-state index in [-0.39, 0.29) is 12.5 Å². The van der Waals surface area contributed by atoms with Crippen LogP contribution in [0.4, 0.5) is 0 Å². The number of nitrogens with two attached hydrogens (primary N) is 1. The van der Waals surface area contributed by atoms with Crippen LogP contribution in [0.5, 0.6) is 17.2 Å².